The van der Waals surface area contributed by atoms with E-state index in [0.717, 1.165) is 37.3 Å². The van der Waals surface area contributed by atoms with Crippen LogP contribution >= 0.6 is 11.3 Å². The van der Waals surface area contributed by atoms with Crippen molar-refractivity contribution in [2.75, 3.05) is 30.3 Å². The van der Waals surface area contributed by atoms with Gasteiger partial charge in [-0.25, -0.2) is 14.4 Å². The van der Waals surface area contributed by atoms with Crippen LogP contribution in [0, 0.1) is 12.7 Å². The van der Waals surface area contributed by atoms with E-state index in [9.17, 15) is 9.18 Å². The molecule has 162 valence electrons. The van der Waals surface area contributed by atoms with Crippen LogP contribution in [0.1, 0.15) is 40.2 Å². The molecule has 2 aromatic heterocycles. The van der Waals surface area contributed by atoms with Gasteiger partial charge in [-0.15, -0.1) is 11.3 Å². The number of carbonyl (C=O) groups is 1. The second-order valence-electron chi connectivity index (χ2n) is 8.15. The van der Waals surface area contributed by atoms with Crippen molar-refractivity contribution in [1.29, 1.82) is 0 Å². The highest BCUT2D eigenvalue weighted by Crippen LogP contribution is 2.34. The van der Waals surface area contributed by atoms with Crippen LogP contribution < -0.4 is 20.7 Å². The summed E-state index contributed by atoms with van der Waals surface area (Å²) in [5.74, 6) is -0.0408. The van der Waals surface area contributed by atoms with Gasteiger partial charge >= 0.3 is 0 Å². The van der Waals surface area contributed by atoms with E-state index in [2.05, 4.69) is 20.2 Å². The number of thiophene rings is 1. The van der Waals surface area contributed by atoms with Gasteiger partial charge in [0.25, 0.3) is 5.91 Å². The molecular formula is C22H24FN5O2S. The summed E-state index contributed by atoms with van der Waals surface area (Å²) in [7, 11) is 0. The Morgan fingerprint density at radius 1 is 1.32 bits per heavy atom. The number of rotatable bonds is 3. The van der Waals surface area contributed by atoms with Crippen LogP contribution in [-0.4, -0.2) is 41.6 Å². The molecule has 31 heavy (non-hydrogen) atoms. The van der Waals surface area contributed by atoms with Gasteiger partial charge in [0, 0.05) is 43.0 Å². The molecule has 1 amide bonds. The van der Waals surface area contributed by atoms with Crippen LogP contribution in [0.15, 0.2) is 18.3 Å². The van der Waals surface area contributed by atoms with E-state index in [1.165, 1.54) is 17.8 Å². The summed E-state index contributed by atoms with van der Waals surface area (Å²) in [4.78, 5) is 24.7. The number of halogens is 1. The largest absolute Gasteiger partial charge is 0.491 e. The fourth-order valence-corrected chi connectivity index (χ4v) is 5.24. The van der Waals surface area contributed by atoms with Crippen LogP contribution in [0.3, 0.4) is 0 Å². The van der Waals surface area contributed by atoms with Crippen molar-refractivity contribution < 1.29 is 13.9 Å². The number of fused-ring (bicyclic) bond motifs is 2. The zero-order valence-corrected chi connectivity index (χ0v) is 18.1. The molecule has 5 rings (SSSR count). The average molecular weight is 442 g/mol. The predicted octanol–water partition coefficient (Wildman–Crippen LogP) is 3.44. The number of benzene rings is 1. The summed E-state index contributed by atoms with van der Waals surface area (Å²) in [5, 5.41) is 2.93. The van der Waals surface area contributed by atoms with Crippen molar-refractivity contribution in [2.24, 2.45) is 0 Å². The average Bonchev–Trinajstić information content (AvgIpc) is 3.10. The van der Waals surface area contributed by atoms with Crippen molar-refractivity contribution in [3.05, 3.63) is 40.3 Å². The van der Waals surface area contributed by atoms with Gasteiger partial charge in [0.2, 0.25) is 0 Å². The number of carbonyl (C=O) groups excluding carboxylic acids is 1. The molecule has 0 unspecified atom stereocenters. The smallest absolute Gasteiger partial charge is 0.263 e. The van der Waals surface area contributed by atoms with Crippen LogP contribution in [0.2, 0.25) is 0 Å². The Morgan fingerprint density at radius 3 is 2.94 bits per heavy atom. The molecule has 0 radical (unpaired) electrons. The second kappa shape index (κ2) is 7.96. The Labute approximate surface area is 183 Å². The van der Waals surface area contributed by atoms with Gasteiger partial charge in [-0.1, -0.05) is 0 Å². The third-order valence-corrected chi connectivity index (χ3v) is 6.94. The zero-order chi connectivity index (χ0) is 21.5. The minimum atomic E-state index is -0.345. The first-order valence-electron chi connectivity index (χ1n) is 10.5. The number of piperidine rings is 1. The number of hydrogen-bond donors (Lipinski definition) is 2. The quantitative estimate of drug-likeness (QED) is 0.647. The second-order valence-corrected chi connectivity index (χ2v) is 9.15. The molecule has 0 bridgehead atoms. The van der Waals surface area contributed by atoms with Crippen LogP contribution in [0.25, 0.3) is 10.3 Å². The Bertz CT molecular complexity index is 1160. The lowest BCUT2D eigenvalue weighted by molar-refractivity contribution is 0.0919. The summed E-state index contributed by atoms with van der Waals surface area (Å²) in [5.41, 5.74) is 9.11. The first kappa shape index (κ1) is 20.0. The van der Waals surface area contributed by atoms with Gasteiger partial charge in [0.1, 0.15) is 33.4 Å². The van der Waals surface area contributed by atoms with Crippen LogP contribution in [0.4, 0.5) is 15.8 Å². The monoisotopic (exact) mass is 441 g/mol. The van der Waals surface area contributed by atoms with Crippen molar-refractivity contribution >= 4 is 39.0 Å². The molecular weight excluding hydrogens is 417 g/mol. The van der Waals surface area contributed by atoms with Gasteiger partial charge < -0.3 is 20.7 Å². The van der Waals surface area contributed by atoms with E-state index in [-0.39, 0.29) is 24.4 Å². The van der Waals surface area contributed by atoms with E-state index in [4.69, 9.17) is 10.5 Å². The van der Waals surface area contributed by atoms with Crippen molar-refractivity contribution in [3.8, 4) is 5.75 Å². The number of aryl methyl sites for hydroxylation is 1. The Balaban J connectivity index is 1.33. The Morgan fingerprint density at radius 2 is 2.13 bits per heavy atom. The summed E-state index contributed by atoms with van der Waals surface area (Å²) >= 11 is 1.21. The lowest BCUT2D eigenvalue weighted by Gasteiger charge is -2.31. The Hall–Kier alpha value is -2.94. The molecule has 1 saturated heterocycles. The predicted molar refractivity (Wildman–Crippen MR) is 119 cm³/mol. The summed E-state index contributed by atoms with van der Waals surface area (Å²) in [6.07, 6.45) is 5.46. The third-order valence-electron chi connectivity index (χ3n) is 5.85. The van der Waals surface area contributed by atoms with Crippen molar-refractivity contribution in [2.45, 2.75) is 38.6 Å². The number of nitrogens with one attached hydrogen (secondary N) is 1. The molecule has 9 heteroatoms. The van der Waals surface area contributed by atoms with Crippen molar-refractivity contribution in [1.82, 2.24) is 15.3 Å². The molecule has 3 aromatic rings. The van der Waals surface area contributed by atoms with Crippen LogP contribution in [-0.2, 0) is 6.42 Å². The number of amides is 1. The maximum Gasteiger partial charge on any atom is 0.263 e. The van der Waals surface area contributed by atoms with E-state index in [1.54, 1.807) is 12.3 Å². The molecule has 0 aliphatic carbocycles. The van der Waals surface area contributed by atoms with Crippen LogP contribution in [0.5, 0.6) is 5.75 Å². The minimum Gasteiger partial charge on any atom is -0.491 e. The number of hydrogen-bond acceptors (Lipinski definition) is 7. The highest BCUT2D eigenvalue weighted by Gasteiger charge is 2.28. The van der Waals surface area contributed by atoms with Gasteiger partial charge in [-0.3, -0.25) is 4.79 Å². The molecule has 3 N–H and O–H groups in total. The fraction of sp³-hybridized carbons (Fsp3) is 0.409. The maximum absolute atomic E-state index is 14.9. The first-order valence-corrected chi connectivity index (χ1v) is 11.3. The number of ether oxygens (including phenoxy) is 1. The molecule has 1 aromatic carbocycles. The van der Waals surface area contributed by atoms with E-state index >= 15 is 0 Å². The molecule has 2 aliphatic rings. The number of nitrogens with two attached hydrogens (primary N) is 1. The lowest BCUT2D eigenvalue weighted by Crippen LogP contribution is -2.43. The maximum atomic E-state index is 14.9. The fourth-order valence-electron chi connectivity index (χ4n) is 4.24. The highest BCUT2D eigenvalue weighted by molar-refractivity contribution is 7.21. The molecule has 1 atom stereocenters. The molecule has 4 heterocycles. The molecule has 0 saturated carbocycles. The minimum absolute atomic E-state index is 0.280. The molecule has 0 spiro atoms. The van der Waals surface area contributed by atoms with Gasteiger partial charge in [0.15, 0.2) is 0 Å². The van der Waals surface area contributed by atoms with E-state index in [0.29, 0.717) is 38.6 Å². The first-order chi connectivity index (χ1) is 15.0. The molecule has 7 nitrogen and oxygen atoms in total. The van der Waals surface area contributed by atoms with E-state index < -0.39 is 0 Å². The summed E-state index contributed by atoms with van der Waals surface area (Å²) in [6.45, 7) is 4.00. The highest BCUT2D eigenvalue weighted by atomic mass is 32.1. The lowest BCUT2D eigenvalue weighted by atomic mass is 10.0. The Kier molecular flexibility index (Phi) is 5.13. The summed E-state index contributed by atoms with van der Waals surface area (Å²) < 4.78 is 20.8. The molecule has 1 fully saturated rings. The zero-order valence-electron chi connectivity index (χ0n) is 17.3. The number of anilines is 2. The topological polar surface area (TPSA) is 93.4 Å². The molecule has 2 aliphatic heterocycles. The SMILES string of the molecule is Cc1cnc2c(N)c(C(=O)N[C@H]3COc4cc(N5CCCCC5)cc(F)c4C3)sc2n1. The standard InChI is InChI=1S/C22H24FN5O2S/c1-12-10-25-19-18(24)20(31-22(19)26-12)21(29)27-13-7-15-16(23)8-14(9-17(15)30-11-13)28-5-3-2-4-6-28/h8-10,13H,2-7,11,24H2,1H3,(H,27,29)/t13-/m1/s1. The number of aromatic nitrogens is 2. The number of nitrogen functional groups attached to an aromatic ring is 1. The van der Waals surface area contributed by atoms with Gasteiger partial charge in [-0.05, 0) is 32.3 Å². The van der Waals surface area contributed by atoms with Crippen molar-refractivity contribution in [3.63, 3.8) is 0 Å². The van der Waals surface area contributed by atoms with E-state index in [1.807, 2.05) is 13.0 Å². The van der Waals surface area contributed by atoms with Gasteiger partial charge in [0.05, 0.1) is 17.4 Å². The third kappa shape index (κ3) is 3.78. The normalized spacial score (nSPS) is 18.5. The summed E-state index contributed by atoms with van der Waals surface area (Å²) in [6, 6.07) is 3.16. The van der Waals surface area contributed by atoms with Gasteiger partial charge in [-0.2, -0.15) is 0 Å². The number of nitrogens with zero attached hydrogens (tertiary/aromatic N) is 3.